The molecular weight excluding hydrogens is 470 g/mol. The molecule has 5 N–H and O–H groups in total. The molecule has 12 nitrogen and oxygen atoms in total. The third kappa shape index (κ3) is 5.91. The van der Waals surface area contributed by atoms with Crippen molar-refractivity contribution < 1.29 is 33.4 Å². The predicted molar refractivity (Wildman–Crippen MR) is 128 cm³/mol. The van der Waals surface area contributed by atoms with E-state index in [1.807, 2.05) is 13.8 Å². The number of likely N-dealkylation sites (tertiary alicyclic amines) is 1. The zero-order valence-electron chi connectivity index (χ0n) is 21.9. The van der Waals surface area contributed by atoms with E-state index in [9.17, 15) is 24.0 Å². The molecule has 2 saturated heterocycles. The topological polar surface area (TPSA) is 169 Å². The lowest BCUT2D eigenvalue weighted by Crippen LogP contribution is -2.59. The first-order valence-corrected chi connectivity index (χ1v) is 12.3. The molecule has 6 atom stereocenters. The normalized spacial score (nSPS) is 27.9. The van der Waals surface area contributed by atoms with Crippen molar-refractivity contribution in [3.05, 3.63) is 0 Å². The number of nitrogens with zero attached hydrogens (tertiary/aromatic N) is 1. The number of piperidine rings is 1. The molecule has 3 aliphatic rings. The SMILES string of the molecule is COC[C@H](NC(=O)OC(C)(C)C)C(=O)N1C[C@H]2[C@@H]([C@H]1C(=O)N[C@@H](C[C@@H]1CCNC1=O)C(N)=O)C2(C)C. The minimum atomic E-state index is -1.06. The minimum Gasteiger partial charge on any atom is -0.444 e. The number of carbonyl (C=O) groups is 5. The molecule has 5 amide bonds. The second kappa shape index (κ2) is 10.2. The highest BCUT2D eigenvalue weighted by Crippen LogP contribution is 2.64. The van der Waals surface area contributed by atoms with Gasteiger partial charge >= 0.3 is 6.09 Å². The Morgan fingerprint density at radius 2 is 1.86 bits per heavy atom. The number of nitrogens with one attached hydrogen (secondary N) is 3. The molecule has 1 saturated carbocycles. The smallest absolute Gasteiger partial charge is 0.408 e. The number of hydrogen-bond acceptors (Lipinski definition) is 7. The van der Waals surface area contributed by atoms with Crippen LogP contribution in [-0.2, 0) is 28.7 Å². The van der Waals surface area contributed by atoms with Crippen molar-refractivity contribution >= 4 is 29.7 Å². The average Bonchev–Trinajstić information content (AvgIpc) is 3.10. The molecule has 0 aromatic carbocycles. The van der Waals surface area contributed by atoms with Crippen molar-refractivity contribution in [3.63, 3.8) is 0 Å². The van der Waals surface area contributed by atoms with E-state index in [1.54, 1.807) is 20.8 Å². The summed E-state index contributed by atoms with van der Waals surface area (Å²) in [7, 11) is 1.41. The highest BCUT2D eigenvalue weighted by Gasteiger charge is 2.69. The molecule has 36 heavy (non-hydrogen) atoms. The van der Waals surface area contributed by atoms with Crippen LogP contribution >= 0.6 is 0 Å². The van der Waals surface area contributed by atoms with Crippen LogP contribution in [0.15, 0.2) is 0 Å². The Kier molecular flexibility index (Phi) is 7.87. The lowest BCUT2D eigenvalue weighted by Gasteiger charge is -2.33. The molecule has 0 radical (unpaired) electrons. The monoisotopic (exact) mass is 509 g/mol. The van der Waals surface area contributed by atoms with Gasteiger partial charge in [-0.25, -0.2) is 4.79 Å². The molecule has 3 rings (SSSR count). The summed E-state index contributed by atoms with van der Waals surface area (Å²) in [5, 5.41) is 7.95. The molecule has 0 bridgehead atoms. The van der Waals surface area contributed by atoms with Crippen LogP contribution in [0.3, 0.4) is 0 Å². The molecule has 0 spiro atoms. The molecule has 0 unspecified atom stereocenters. The molecule has 202 valence electrons. The molecular formula is C24H39N5O7. The van der Waals surface area contributed by atoms with Gasteiger partial charge in [-0.15, -0.1) is 0 Å². The van der Waals surface area contributed by atoms with Gasteiger partial charge < -0.3 is 36.1 Å². The first kappa shape index (κ1) is 27.7. The van der Waals surface area contributed by atoms with Gasteiger partial charge in [0.2, 0.25) is 23.6 Å². The van der Waals surface area contributed by atoms with Gasteiger partial charge in [-0.2, -0.15) is 0 Å². The molecule has 0 aromatic heterocycles. The van der Waals surface area contributed by atoms with E-state index in [0.29, 0.717) is 19.5 Å². The Hall–Kier alpha value is -2.89. The predicted octanol–water partition coefficient (Wildman–Crippen LogP) is -0.495. The Balaban J connectivity index is 1.76. The molecule has 2 heterocycles. The van der Waals surface area contributed by atoms with E-state index < -0.39 is 53.5 Å². The Morgan fingerprint density at radius 1 is 1.19 bits per heavy atom. The number of fused-ring (bicyclic) bond motifs is 1. The Morgan fingerprint density at radius 3 is 2.39 bits per heavy atom. The molecule has 3 fully saturated rings. The van der Waals surface area contributed by atoms with E-state index >= 15 is 0 Å². The fourth-order valence-electron chi connectivity index (χ4n) is 5.46. The van der Waals surface area contributed by atoms with Gasteiger partial charge in [0.1, 0.15) is 23.7 Å². The van der Waals surface area contributed by atoms with E-state index in [0.717, 1.165) is 0 Å². The number of hydrogen-bond donors (Lipinski definition) is 4. The van der Waals surface area contributed by atoms with Crippen molar-refractivity contribution in [1.29, 1.82) is 0 Å². The van der Waals surface area contributed by atoms with Gasteiger partial charge in [0.15, 0.2) is 0 Å². The zero-order valence-corrected chi connectivity index (χ0v) is 21.9. The third-order valence-corrected chi connectivity index (χ3v) is 7.43. The summed E-state index contributed by atoms with van der Waals surface area (Å²) in [5.74, 6) is -2.34. The van der Waals surface area contributed by atoms with Crippen LogP contribution in [0.2, 0.25) is 0 Å². The fourth-order valence-corrected chi connectivity index (χ4v) is 5.46. The lowest BCUT2D eigenvalue weighted by atomic mass is 9.96. The van der Waals surface area contributed by atoms with E-state index in [2.05, 4.69) is 16.0 Å². The quantitative estimate of drug-likeness (QED) is 0.325. The minimum absolute atomic E-state index is 0.0922. The van der Waals surface area contributed by atoms with E-state index in [1.165, 1.54) is 12.0 Å². The van der Waals surface area contributed by atoms with Crippen LogP contribution in [0.25, 0.3) is 0 Å². The second-order valence-electron chi connectivity index (χ2n) is 11.5. The third-order valence-electron chi connectivity index (χ3n) is 7.43. The Bertz CT molecular complexity index is 915. The van der Waals surface area contributed by atoms with Crippen LogP contribution in [0.5, 0.6) is 0 Å². The highest BCUT2D eigenvalue weighted by atomic mass is 16.6. The average molecular weight is 510 g/mol. The van der Waals surface area contributed by atoms with Crippen molar-refractivity contribution in [2.24, 2.45) is 28.9 Å². The lowest BCUT2D eigenvalue weighted by molar-refractivity contribution is -0.143. The molecule has 12 heteroatoms. The van der Waals surface area contributed by atoms with E-state index in [4.69, 9.17) is 15.2 Å². The maximum Gasteiger partial charge on any atom is 0.408 e. The van der Waals surface area contributed by atoms with Gasteiger partial charge in [-0.05, 0) is 50.9 Å². The number of alkyl carbamates (subject to hydrolysis) is 1. The zero-order chi connectivity index (χ0) is 27.0. The summed E-state index contributed by atoms with van der Waals surface area (Å²) in [5.41, 5.74) is 4.63. The highest BCUT2D eigenvalue weighted by molar-refractivity contribution is 5.95. The Labute approximate surface area is 211 Å². The van der Waals surface area contributed by atoms with Gasteiger partial charge in [0, 0.05) is 26.1 Å². The summed E-state index contributed by atoms with van der Waals surface area (Å²) in [4.78, 5) is 64.9. The van der Waals surface area contributed by atoms with Gasteiger partial charge in [-0.3, -0.25) is 19.2 Å². The number of carbonyl (C=O) groups excluding carboxylic acids is 5. The van der Waals surface area contributed by atoms with Crippen LogP contribution in [-0.4, -0.2) is 85.2 Å². The summed E-state index contributed by atoms with van der Waals surface area (Å²) in [6.45, 7) is 9.92. The number of amides is 5. The van der Waals surface area contributed by atoms with Crippen molar-refractivity contribution in [2.75, 3.05) is 26.8 Å². The van der Waals surface area contributed by atoms with E-state index in [-0.39, 0.29) is 36.2 Å². The second-order valence-corrected chi connectivity index (χ2v) is 11.5. The maximum absolute atomic E-state index is 13.5. The van der Waals surface area contributed by atoms with Gasteiger partial charge in [-0.1, -0.05) is 13.8 Å². The number of rotatable bonds is 9. The summed E-state index contributed by atoms with van der Waals surface area (Å²) in [6.07, 6.45) is -0.121. The summed E-state index contributed by atoms with van der Waals surface area (Å²) in [6, 6.07) is -2.95. The standard InChI is InChI=1S/C24H39N5O7/c1-23(2,3)36-22(34)28-15(11-35-6)21(33)29-10-13-16(24(13,4)5)17(29)20(32)27-14(18(25)30)9-12-7-8-26-19(12)31/h12-17H,7-11H2,1-6H3,(H2,25,30)(H,26,31)(H,27,32)(H,28,34)/t12-,13-,14-,15-,16-,17-/m0/s1. The van der Waals surface area contributed by atoms with Gasteiger partial charge in [0.25, 0.3) is 0 Å². The van der Waals surface area contributed by atoms with Crippen molar-refractivity contribution in [3.8, 4) is 0 Å². The maximum atomic E-state index is 13.5. The van der Waals surface area contributed by atoms with Gasteiger partial charge in [0.05, 0.1) is 6.61 Å². The first-order valence-electron chi connectivity index (χ1n) is 12.3. The molecule has 2 aliphatic heterocycles. The van der Waals surface area contributed by atoms with Crippen molar-refractivity contribution in [2.45, 2.75) is 71.2 Å². The number of methoxy groups -OCH3 is 1. The number of ether oxygens (including phenoxy) is 2. The number of primary amides is 1. The van der Waals surface area contributed by atoms with Crippen LogP contribution in [0.4, 0.5) is 4.79 Å². The van der Waals surface area contributed by atoms with Crippen LogP contribution < -0.4 is 21.7 Å². The van der Waals surface area contributed by atoms with Crippen molar-refractivity contribution in [1.82, 2.24) is 20.9 Å². The summed E-state index contributed by atoms with van der Waals surface area (Å²) < 4.78 is 10.4. The summed E-state index contributed by atoms with van der Waals surface area (Å²) >= 11 is 0. The fraction of sp³-hybridized carbons (Fsp3) is 0.792. The van der Waals surface area contributed by atoms with Crippen LogP contribution in [0, 0.1) is 23.2 Å². The largest absolute Gasteiger partial charge is 0.444 e. The first-order chi connectivity index (χ1) is 16.7. The molecule has 0 aromatic rings. The van der Waals surface area contributed by atoms with Crippen LogP contribution in [0.1, 0.15) is 47.5 Å². The molecule has 1 aliphatic carbocycles. The number of nitrogens with two attached hydrogens (primary N) is 1.